The summed E-state index contributed by atoms with van der Waals surface area (Å²) in [5.41, 5.74) is 1.15. The average Bonchev–Trinajstić information content (AvgIpc) is 2.57. The van der Waals surface area contributed by atoms with Crippen LogP contribution in [0.3, 0.4) is 0 Å². The van der Waals surface area contributed by atoms with Crippen LogP contribution in [0.1, 0.15) is 37.8 Å². The monoisotopic (exact) mass is 380 g/mol. The minimum Gasteiger partial charge on any atom is -0.502 e. The molecule has 1 heterocycles. The van der Waals surface area contributed by atoms with Crippen LogP contribution in [0.2, 0.25) is 0 Å². The third-order valence-corrected chi connectivity index (χ3v) is 4.31. The summed E-state index contributed by atoms with van der Waals surface area (Å²) in [6, 6.07) is 4.23. The molecule has 0 aromatic heterocycles. The van der Waals surface area contributed by atoms with Gasteiger partial charge in [-0.2, -0.15) is 0 Å². The lowest BCUT2D eigenvalue weighted by molar-refractivity contribution is 0.162. The SMILES string of the molecule is CCCC[C@@H](c1cc(OC)c(O)c(OC)c1)N1CCNCC1.Cl.Cl. The number of phenolic OH excluding ortho intramolecular Hbond substituents is 1. The molecule has 7 heteroatoms. The van der Waals surface area contributed by atoms with Crippen molar-refractivity contribution < 1.29 is 14.6 Å². The van der Waals surface area contributed by atoms with E-state index >= 15 is 0 Å². The van der Waals surface area contributed by atoms with Crippen LogP contribution in [-0.2, 0) is 0 Å². The zero-order valence-electron chi connectivity index (χ0n) is 14.7. The predicted molar refractivity (Wildman–Crippen MR) is 102 cm³/mol. The molecule has 0 aliphatic carbocycles. The van der Waals surface area contributed by atoms with Gasteiger partial charge in [0.1, 0.15) is 0 Å². The maximum atomic E-state index is 10.1. The standard InChI is InChI=1S/C17H28N2O3.2ClH/c1-4-5-6-14(19-9-7-18-8-10-19)13-11-15(21-2)17(20)16(12-13)22-3;;/h11-12,14,18,20H,4-10H2,1-3H3;2*1H/t14-;;/m0../s1. The fourth-order valence-electron chi connectivity index (χ4n) is 3.06. The Morgan fingerprint density at radius 1 is 1.12 bits per heavy atom. The molecule has 5 nitrogen and oxygen atoms in total. The molecule has 0 radical (unpaired) electrons. The van der Waals surface area contributed by atoms with Crippen LogP contribution in [0.15, 0.2) is 12.1 Å². The summed E-state index contributed by atoms with van der Waals surface area (Å²) in [6.07, 6.45) is 3.46. The van der Waals surface area contributed by atoms with Crippen molar-refractivity contribution >= 4 is 24.8 Å². The maximum absolute atomic E-state index is 10.1. The van der Waals surface area contributed by atoms with Gasteiger partial charge in [0.25, 0.3) is 0 Å². The molecule has 24 heavy (non-hydrogen) atoms. The minimum atomic E-state index is 0. The van der Waals surface area contributed by atoms with Crippen LogP contribution in [0, 0.1) is 0 Å². The number of benzene rings is 1. The molecule has 0 saturated carbocycles. The van der Waals surface area contributed by atoms with Crippen molar-refractivity contribution in [2.75, 3.05) is 40.4 Å². The van der Waals surface area contributed by atoms with Gasteiger partial charge in [-0.15, -0.1) is 24.8 Å². The summed E-state index contributed by atoms with van der Waals surface area (Å²) in [6.45, 7) is 6.34. The molecular weight excluding hydrogens is 351 g/mol. The number of phenols is 1. The summed E-state index contributed by atoms with van der Waals surface area (Å²) in [7, 11) is 3.15. The number of nitrogens with one attached hydrogen (secondary N) is 1. The van der Waals surface area contributed by atoms with E-state index in [1.807, 2.05) is 12.1 Å². The molecular formula is C17H30Cl2N2O3. The summed E-state index contributed by atoms with van der Waals surface area (Å²) in [4.78, 5) is 2.51. The Hall–Kier alpha value is -0.880. The van der Waals surface area contributed by atoms with Gasteiger partial charge in [0.05, 0.1) is 14.2 Å². The fraction of sp³-hybridized carbons (Fsp3) is 0.647. The molecule has 0 spiro atoms. The normalized spacial score (nSPS) is 15.8. The largest absolute Gasteiger partial charge is 0.502 e. The highest BCUT2D eigenvalue weighted by atomic mass is 35.5. The van der Waals surface area contributed by atoms with Crippen molar-refractivity contribution in [3.8, 4) is 17.2 Å². The Kier molecular flexibility index (Phi) is 11.2. The highest BCUT2D eigenvalue weighted by Gasteiger charge is 2.24. The number of methoxy groups -OCH3 is 2. The van der Waals surface area contributed by atoms with E-state index in [1.54, 1.807) is 14.2 Å². The van der Waals surface area contributed by atoms with Crippen LogP contribution >= 0.6 is 24.8 Å². The molecule has 0 unspecified atom stereocenters. The smallest absolute Gasteiger partial charge is 0.200 e. The molecule has 2 N–H and O–H groups in total. The molecule has 1 aliphatic heterocycles. The number of nitrogens with zero attached hydrogens (tertiary/aromatic N) is 1. The van der Waals surface area contributed by atoms with Crippen LogP contribution in [0.4, 0.5) is 0 Å². The van der Waals surface area contributed by atoms with Gasteiger partial charge in [0, 0.05) is 32.2 Å². The number of piperazine rings is 1. The van der Waals surface area contributed by atoms with Gasteiger partial charge < -0.3 is 19.9 Å². The molecule has 1 atom stereocenters. The fourth-order valence-corrected chi connectivity index (χ4v) is 3.06. The van der Waals surface area contributed by atoms with E-state index in [0.29, 0.717) is 17.5 Å². The number of ether oxygens (including phenoxy) is 2. The predicted octanol–water partition coefficient (Wildman–Crippen LogP) is 3.39. The van der Waals surface area contributed by atoms with Gasteiger partial charge >= 0.3 is 0 Å². The number of unbranched alkanes of at least 4 members (excludes halogenated alkanes) is 1. The van der Waals surface area contributed by atoms with Crippen molar-refractivity contribution in [2.24, 2.45) is 0 Å². The van der Waals surface area contributed by atoms with E-state index in [4.69, 9.17) is 9.47 Å². The van der Waals surface area contributed by atoms with E-state index in [9.17, 15) is 5.11 Å². The molecule has 1 saturated heterocycles. The van der Waals surface area contributed by atoms with Crippen LogP contribution in [0.5, 0.6) is 17.2 Å². The summed E-state index contributed by atoms with van der Waals surface area (Å²) >= 11 is 0. The first kappa shape index (κ1) is 23.1. The lowest BCUT2D eigenvalue weighted by Gasteiger charge is -2.35. The Labute approximate surface area is 157 Å². The molecule has 1 aliphatic rings. The molecule has 2 rings (SSSR count). The summed E-state index contributed by atoms with van der Waals surface area (Å²) in [5.74, 6) is 1.03. The third-order valence-electron chi connectivity index (χ3n) is 4.31. The van der Waals surface area contributed by atoms with Gasteiger partial charge in [-0.25, -0.2) is 0 Å². The van der Waals surface area contributed by atoms with E-state index < -0.39 is 0 Å². The third kappa shape index (κ3) is 5.59. The molecule has 1 aromatic carbocycles. The topological polar surface area (TPSA) is 54.0 Å². The van der Waals surface area contributed by atoms with Gasteiger partial charge in [-0.1, -0.05) is 19.8 Å². The molecule has 1 aromatic rings. The van der Waals surface area contributed by atoms with Gasteiger partial charge in [0.15, 0.2) is 11.5 Å². The Morgan fingerprint density at radius 3 is 2.12 bits per heavy atom. The number of hydrogen-bond donors (Lipinski definition) is 2. The number of rotatable bonds is 7. The zero-order chi connectivity index (χ0) is 15.9. The molecule has 0 bridgehead atoms. The van der Waals surface area contributed by atoms with Crippen LogP contribution in [-0.4, -0.2) is 50.4 Å². The lowest BCUT2D eigenvalue weighted by Crippen LogP contribution is -2.45. The highest BCUT2D eigenvalue weighted by Crippen LogP contribution is 2.40. The quantitative estimate of drug-likeness (QED) is 0.758. The summed E-state index contributed by atoms with van der Waals surface area (Å²) in [5, 5.41) is 13.5. The second kappa shape index (κ2) is 11.6. The Balaban J connectivity index is 0.00000264. The Morgan fingerprint density at radius 2 is 1.67 bits per heavy atom. The van der Waals surface area contributed by atoms with Crippen molar-refractivity contribution in [1.29, 1.82) is 0 Å². The van der Waals surface area contributed by atoms with Gasteiger partial charge in [-0.3, -0.25) is 4.90 Å². The number of aromatic hydroxyl groups is 1. The van der Waals surface area contributed by atoms with Gasteiger partial charge in [-0.05, 0) is 24.1 Å². The zero-order valence-corrected chi connectivity index (χ0v) is 16.3. The van der Waals surface area contributed by atoms with Crippen LogP contribution in [0.25, 0.3) is 0 Å². The number of hydrogen-bond acceptors (Lipinski definition) is 5. The van der Waals surface area contributed by atoms with Gasteiger partial charge in [0.2, 0.25) is 5.75 Å². The van der Waals surface area contributed by atoms with Crippen LogP contribution < -0.4 is 14.8 Å². The molecule has 1 fully saturated rings. The first-order valence-electron chi connectivity index (χ1n) is 8.10. The minimum absolute atomic E-state index is 0. The first-order valence-corrected chi connectivity index (χ1v) is 8.10. The first-order chi connectivity index (χ1) is 10.7. The van der Waals surface area contributed by atoms with E-state index in [2.05, 4.69) is 17.1 Å². The maximum Gasteiger partial charge on any atom is 0.200 e. The number of halogens is 2. The Bertz CT molecular complexity index is 458. The van der Waals surface area contributed by atoms with E-state index in [1.165, 1.54) is 12.8 Å². The second-order valence-corrected chi connectivity index (χ2v) is 5.72. The highest BCUT2D eigenvalue weighted by molar-refractivity contribution is 5.85. The average molecular weight is 381 g/mol. The van der Waals surface area contributed by atoms with E-state index in [-0.39, 0.29) is 30.6 Å². The molecule has 140 valence electrons. The summed E-state index contributed by atoms with van der Waals surface area (Å²) < 4.78 is 10.6. The van der Waals surface area contributed by atoms with Crippen molar-refractivity contribution in [2.45, 2.75) is 32.2 Å². The van der Waals surface area contributed by atoms with Crippen molar-refractivity contribution in [1.82, 2.24) is 10.2 Å². The van der Waals surface area contributed by atoms with E-state index in [0.717, 1.165) is 38.2 Å². The molecule has 0 amide bonds. The lowest BCUT2D eigenvalue weighted by atomic mass is 9.98. The second-order valence-electron chi connectivity index (χ2n) is 5.72. The van der Waals surface area contributed by atoms with Crippen molar-refractivity contribution in [3.05, 3.63) is 17.7 Å². The van der Waals surface area contributed by atoms with Crippen molar-refractivity contribution in [3.63, 3.8) is 0 Å².